The minimum Gasteiger partial charge on any atom is -0.314 e. The average Bonchev–Trinajstić information content (AvgIpc) is 2.30. The number of terminal acetylenes is 1. The lowest BCUT2D eigenvalue weighted by Gasteiger charge is -2.26. The maximum atomic E-state index is 5.22. The van der Waals surface area contributed by atoms with Crippen LogP contribution in [0, 0.1) is 12.3 Å². The highest BCUT2D eigenvalue weighted by Gasteiger charge is 2.14. The Morgan fingerprint density at radius 3 is 3.00 bits per heavy atom. The summed E-state index contributed by atoms with van der Waals surface area (Å²) in [4.78, 5) is 0. The standard InChI is InChI=1S/C14H26N2/c1-3-4-5-7-10-15-13(2)12-14-9-6-8-11-16-14/h1,13-16H,4-12H2,2H3. The molecule has 2 heteroatoms. The van der Waals surface area contributed by atoms with E-state index >= 15 is 0 Å². The highest BCUT2D eigenvalue weighted by molar-refractivity contribution is 4.83. The predicted molar refractivity (Wildman–Crippen MR) is 70.4 cm³/mol. The molecule has 1 rings (SSSR count). The number of hydrogen-bond donors (Lipinski definition) is 2. The zero-order valence-electron chi connectivity index (χ0n) is 10.6. The van der Waals surface area contributed by atoms with Gasteiger partial charge in [0.1, 0.15) is 0 Å². The molecule has 0 aliphatic carbocycles. The molecule has 2 N–H and O–H groups in total. The Morgan fingerprint density at radius 1 is 1.44 bits per heavy atom. The molecule has 0 saturated carbocycles. The van der Waals surface area contributed by atoms with Crippen molar-refractivity contribution in [1.29, 1.82) is 0 Å². The lowest BCUT2D eigenvalue weighted by Crippen LogP contribution is -2.40. The summed E-state index contributed by atoms with van der Waals surface area (Å²) in [5.74, 6) is 2.68. The molecule has 1 heterocycles. The Hall–Kier alpha value is -0.520. The van der Waals surface area contributed by atoms with Gasteiger partial charge < -0.3 is 10.6 Å². The van der Waals surface area contributed by atoms with E-state index in [-0.39, 0.29) is 0 Å². The van der Waals surface area contributed by atoms with Crippen LogP contribution in [0.5, 0.6) is 0 Å². The van der Waals surface area contributed by atoms with Crippen LogP contribution in [0.15, 0.2) is 0 Å². The van der Waals surface area contributed by atoms with Gasteiger partial charge in [0.15, 0.2) is 0 Å². The molecule has 2 unspecified atom stereocenters. The van der Waals surface area contributed by atoms with Crippen molar-refractivity contribution in [3.63, 3.8) is 0 Å². The monoisotopic (exact) mass is 222 g/mol. The van der Waals surface area contributed by atoms with Crippen LogP contribution < -0.4 is 10.6 Å². The van der Waals surface area contributed by atoms with Gasteiger partial charge in [-0.25, -0.2) is 0 Å². The van der Waals surface area contributed by atoms with Crippen LogP contribution in [0.3, 0.4) is 0 Å². The van der Waals surface area contributed by atoms with Crippen LogP contribution >= 0.6 is 0 Å². The predicted octanol–water partition coefficient (Wildman–Crippen LogP) is 2.30. The van der Waals surface area contributed by atoms with Crippen molar-refractivity contribution in [2.45, 2.75) is 64.0 Å². The van der Waals surface area contributed by atoms with E-state index in [4.69, 9.17) is 6.42 Å². The Morgan fingerprint density at radius 2 is 2.31 bits per heavy atom. The van der Waals surface area contributed by atoms with Crippen molar-refractivity contribution in [1.82, 2.24) is 10.6 Å². The normalized spacial score (nSPS) is 22.6. The fourth-order valence-electron chi connectivity index (χ4n) is 2.34. The highest BCUT2D eigenvalue weighted by Crippen LogP contribution is 2.11. The van der Waals surface area contributed by atoms with Gasteiger partial charge in [0.25, 0.3) is 0 Å². The summed E-state index contributed by atoms with van der Waals surface area (Å²) < 4.78 is 0. The van der Waals surface area contributed by atoms with Gasteiger partial charge in [-0.1, -0.05) is 6.42 Å². The largest absolute Gasteiger partial charge is 0.314 e. The van der Waals surface area contributed by atoms with Crippen LogP contribution in [0.25, 0.3) is 0 Å². The van der Waals surface area contributed by atoms with E-state index in [1.165, 1.54) is 38.6 Å². The van der Waals surface area contributed by atoms with E-state index in [0.29, 0.717) is 6.04 Å². The maximum Gasteiger partial charge on any atom is 0.00865 e. The average molecular weight is 222 g/mol. The molecule has 2 atom stereocenters. The first-order chi connectivity index (χ1) is 7.83. The SMILES string of the molecule is C#CCCCCNC(C)CC1CCCCN1. The molecular formula is C14H26N2. The highest BCUT2D eigenvalue weighted by atomic mass is 14.9. The van der Waals surface area contributed by atoms with Crippen molar-refractivity contribution in [3.8, 4) is 12.3 Å². The van der Waals surface area contributed by atoms with E-state index in [0.717, 1.165) is 25.4 Å². The lowest BCUT2D eigenvalue weighted by atomic mass is 9.99. The fraction of sp³-hybridized carbons (Fsp3) is 0.857. The third-order valence-corrected chi connectivity index (χ3v) is 3.29. The first-order valence-corrected chi connectivity index (χ1v) is 6.73. The van der Waals surface area contributed by atoms with Gasteiger partial charge in [-0.15, -0.1) is 12.3 Å². The Bertz CT molecular complexity index is 201. The molecule has 92 valence electrons. The number of nitrogens with one attached hydrogen (secondary N) is 2. The van der Waals surface area contributed by atoms with Crippen LogP contribution in [0.2, 0.25) is 0 Å². The fourth-order valence-corrected chi connectivity index (χ4v) is 2.34. The number of rotatable bonds is 7. The molecule has 1 saturated heterocycles. The van der Waals surface area contributed by atoms with E-state index in [9.17, 15) is 0 Å². The molecule has 1 aliphatic rings. The minimum absolute atomic E-state index is 0.626. The minimum atomic E-state index is 0.626. The second-order valence-electron chi connectivity index (χ2n) is 4.90. The number of piperidine rings is 1. The molecule has 1 fully saturated rings. The van der Waals surface area contributed by atoms with E-state index in [2.05, 4.69) is 23.5 Å². The third-order valence-electron chi connectivity index (χ3n) is 3.29. The summed E-state index contributed by atoms with van der Waals surface area (Å²) in [7, 11) is 0. The summed E-state index contributed by atoms with van der Waals surface area (Å²) in [5, 5.41) is 7.17. The molecule has 0 spiro atoms. The van der Waals surface area contributed by atoms with Crippen LogP contribution in [0.1, 0.15) is 51.9 Å². The smallest absolute Gasteiger partial charge is 0.00865 e. The van der Waals surface area contributed by atoms with Crippen LogP contribution in [-0.4, -0.2) is 25.2 Å². The molecule has 0 aromatic carbocycles. The maximum absolute atomic E-state index is 5.22. The van der Waals surface area contributed by atoms with Crippen molar-refractivity contribution in [3.05, 3.63) is 0 Å². The summed E-state index contributed by atoms with van der Waals surface area (Å²) in [5.41, 5.74) is 0. The Balaban J connectivity index is 1.97. The second-order valence-corrected chi connectivity index (χ2v) is 4.90. The van der Waals surface area contributed by atoms with Gasteiger partial charge in [-0.05, 0) is 52.1 Å². The van der Waals surface area contributed by atoms with E-state index in [1.54, 1.807) is 0 Å². The topological polar surface area (TPSA) is 24.1 Å². The number of hydrogen-bond acceptors (Lipinski definition) is 2. The summed E-state index contributed by atoms with van der Waals surface area (Å²) >= 11 is 0. The quantitative estimate of drug-likeness (QED) is 0.510. The van der Waals surface area contributed by atoms with Gasteiger partial charge in [0.05, 0.1) is 0 Å². The molecule has 0 amide bonds. The zero-order chi connectivity index (χ0) is 11.6. The Labute approximate surface area is 101 Å². The van der Waals surface area contributed by atoms with Gasteiger partial charge in [0.2, 0.25) is 0 Å². The van der Waals surface area contributed by atoms with Crippen molar-refractivity contribution in [2.75, 3.05) is 13.1 Å². The van der Waals surface area contributed by atoms with Crippen molar-refractivity contribution >= 4 is 0 Å². The second kappa shape index (κ2) is 8.61. The van der Waals surface area contributed by atoms with Gasteiger partial charge in [-0.2, -0.15) is 0 Å². The van der Waals surface area contributed by atoms with Crippen LogP contribution in [0.4, 0.5) is 0 Å². The van der Waals surface area contributed by atoms with Crippen molar-refractivity contribution < 1.29 is 0 Å². The first kappa shape index (κ1) is 13.5. The molecule has 2 nitrogen and oxygen atoms in total. The molecule has 0 bridgehead atoms. The van der Waals surface area contributed by atoms with Gasteiger partial charge in [-0.3, -0.25) is 0 Å². The first-order valence-electron chi connectivity index (χ1n) is 6.73. The molecule has 0 aromatic rings. The lowest BCUT2D eigenvalue weighted by molar-refractivity contribution is 0.344. The summed E-state index contributed by atoms with van der Waals surface area (Å²) in [6.45, 7) is 4.60. The summed E-state index contributed by atoms with van der Waals surface area (Å²) in [6.07, 6.45) is 13.8. The van der Waals surface area contributed by atoms with Crippen LogP contribution in [-0.2, 0) is 0 Å². The zero-order valence-corrected chi connectivity index (χ0v) is 10.6. The van der Waals surface area contributed by atoms with Crippen molar-refractivity contribution in [2.24, 2.45) is 0 Å². The van der Waals surface area contributed by atoms with Gasteiger partial charge >= 0.3 is 0 Å². The van der Waals surface area contributed by atoms with E-state index < -0.39 is 0 Å². The molecule has 0 radical (unpaired) electrons. The third kappa shape index (κ3) is 6.15. The number of unbranched alkanes of at least 4 members (excludes halogenated alkanes) is 2. The molecule has 16 heavy (non-hydrogen) atoms. The molecular weight excluding hydrogens is 196 g/mol. The Kier molecular flexibility index (Phi) is 7.29. The van der Waals surface area contributed by atoms with Gasteiger partial charge in [0, 0.05) is 18.5 Å². The molecule has 1 aliphatic heterocycles. The molecule has 0 aromatic heterocycles. The summed E-state index contributed by atoms with van der Waals surface area (Å²) in [6, 6.07) is 1.36. The van der Waals surface area contributed by atoms with E-state index in [1.807, 2.05) is 0 Å².